The number of hydrogen-bond donors (Lipinski definition) is 3. The topological polar surface area (TPSA) is 140 Å². The van der Waals surface area contributed by atoms with Crippen LogP contribution in [-0.2, 0) is 28.6 Å². The summed E-state index contributed by atoms with van der Waals surface area (Å²) in [5.41, 5.74) is -4.97. The first-order chi connectivity index (χ1) is 16.3. The van der Waals surface area contributed by atoms with E-state index in [0.29, 0.717) is 19.3 Å². The summed E-state index contributed by atoms with van der Waals surface area (Å²) in [6.07, 6.45) is 0.953. The average molecular weight is 533 g/mol. The van der Waals surface area contributed by atoms with E-state index in [2.05, 4.69) is 0 Å². The summed E-state index contributed by atoms with van der Waals surface area (Å²) in [6.45, 7) is 21.7. The fourth-order valence-corrected chi connectivity index (χ4v) is 4.12. The molecule has 3 N–H and O–H groups in total. The molecule has 9 heteroatoms. The highest BCUT2D eigenvalue weighted by atomic mass is 16.5. The van der Waals surface area contributed by atoms with E-state index in [1.165, 1.54) is 0 Å². The van der Waals surface area contributed by atoms with E-state index in [1.54, 1.807) is 41.5 Å². The second kappa shape index (κ2) is 12.4. The van der Waals surface area contributed by atoms with Gasteiger partial charge >= 0.3 is 17.9 Å². The average Bonchev–Trinajstić information content (AvgIpc) is 2.69. The Hall–Kier alpha value is -1.71. The molecule has 218 valence electrons. The summed E-state index contributed by atoms with van der Waals surface area (Å²) in [4.78, 5) is 34.6. The number of rotatable bonds is 18. The number of ether oxygens (including phenoxy) is 3. The highest BCUT2D eigenvalue weighted by molar-refractivity contribution is 5.74. The van der Waals surface area contributed by atoms with E-state index in [0.717, 1.165) is 0 Å². The van der Waals surface area contributed by atoms with Gasteiger partial charge in [-0.05, 0) is 101 Å². The maximum Gasteiger partial charge on any atom is 0.311 e. The van der Waals surface area contributed by atoms with Crippen molar-refractivity contribution in [2.75, 3.05) is 19.8 Å². The maximum atomic E-state index is 11.6. The normalized spacial score (nSPS) is 16.2. The standard InChI is InChI=1S/C28H52O9/c1-19(35-17-24(4,5)21(31)32)28(12,16-27(10,11)37-18-25(6,7)22(33)34)15-26(8,9)36-14-13-23(2,3)20(29)30/h19H,13-18H2,1-12H3,(H,29,30)(H,31,32)(H,33,34). The highest BCUT2D eigenvalue weighted by Gasteiger charge is 2.44. The molecule has 0 radical (unpaired) electrons. The van der Waals surface area contributed by atoms with Crippen molar-refractivity contribution in [1.29, 1.82) is 0 Å². The van der Waals surface area contributed by atoms with Gasteiger partial charge in [0.15, 0.2) is 0 Å². The molecular formula is C28H52O9. The van der Waals surface area contributed by atoms with Gasteiger partial charge in [0, 0.05) is 6.61 Å². The van der Waals surface area contributed by atoms with Crippen molar-refractivity contribution in [3.05, 3.63) is 0 Å². The van der Waals surface area contributed by atoms with Crippen molar-refractivity contribution >= 4 is 17.9 Å². The minimum absolute atomic E-state index is 0.0144. The molecule has 0 saturated carbocycles. The molecule has 0 spiro atoms. The van der Waals surface area contributed by atoms with Crippen LogP contribution in [0.3, 0.4) is 0 Å². The SMILES string of the molecule is CC(OCC(C)(C)C(=O)O)C(C)(CC(C)(C)OCCC(C)(C)C(=O)O)CC(C)(C)OCC(C)(C)C(=O)O. The minimum Gasteiger partial charge on any atom is -0.481 e. The Bertz CT molecular complexity index is 795. The summed E-state index contributed by atoms with van der Waals surface area (Å²) in [6, 6.07) is 0. The van der Waals surface area contributed by atoms with Crippen molar-refractivity contribution in [3.8, 4) is 0 Å². The van der Waals surface area contributed by atoms with Crippen LogP contribution in [0.15, 0.2) is 0 Å². The Balaban J connectivity index is 5.83. The van der Waals surface area contributed by atoms with Gasteiger partial charge in [-0.2, -0.15) is 0 Å². The van der Waals surface area contributed by atoms with Crippen LogP contribution in [0.2, 0.25) is 0 Å². The molecule has 0 saturated heterocycles. The fraction of sp³-hybridized carbons (Fsp3) is 0.893. The predicted molar refractivity (Wildman–Crippen MR) is 142 cm³/mol. The number of carboxylic acid groups (broad SMARTS) is 3. The van der Waals surface area contributed by atoms with Gasteiger partial charge in [0.2, 0.25) is 0 Å². The Labute approximate surface area is 223 Å². The van der Waals surface area contributed by atoms with E-state index in [-0.39, 0.29) is 25.9 Å². The number of carbonyl (C=O) groups is 3. The van der Waals surface area contributed by atoms with Gasteiger partial charge < -0.3 is 29.5 Å². The summed E-state index contributed by atoms with van der Waals surface area (Å²) in [5.74, 6) is -2.78. The third kappa shape index (κ3) is 11.7. The van der Waals surface area contributed by atoms with Crippen LogP contribution in [0.1, 0.15) is 102 Å². The molecule has 0 aromatic rings. The first-order valence-electron chi connectivity index (χ1n) is 12.9. The highest BCUT2D eigenvalue weighted by Crippen LogP contribution is 2.43. The van der Waals surface area contributed by atoms with Gasteiger partial charge in [-0.1, -0.05) is 6.92 Å². The summed E-state index contributed by atoms with van der Waals surface area (Å²) < 4.78 is 18.4. The van der Waals surface area contributed by atoms with Crippen molar-refractivity contribution in [3.63, 3.8) is 0 Å². The molecule has 0 heterocycles. The molecule has 0 aliphatic rings. The third-order valence-electron chi connectivity index (χ3n) is 7.12. The van der Waals surface area contributed by atoms with Crippen LogP contribution in [0.4, 0.5) is 0 Å². The second-order valence-corrected chi connectivity index (χ2v) is 13.9. The quantitative estimate of drug-likeness (QED) is 0.209. The van der Waals surface area contributed by atoms with Crippen LogP contribution in [-0.4, -0.2) is 70.4 Å². The lowest BCUT2D eigenvalue weighted by molar-refractivity contribution is -0.166. The monoisotopic (exact) mass is 532 g/mol. The maximum absolute atomic E-state index is 11.6. The Morgan fingerprint density at radius 3 is 1.41 bits per heavy atom. The molecule has 0 aromatic heterocycles. The lowest BCUT2D eigenvalue weighted by Gasteiger charge is -2.46. The summed E-state index contributed by atoms with van der Waals surface area (Å²) in [7, 11) is 0. The van der Waals surface area contributed by atoms with Gasteiger partial charge in [0.1, 0.15) is 0 Å². The van der Waals surface area contributed by atoms with Crippen LogP contribution in [0, 0.1) is 21.7 Å². The van der Waals surface area contributed by atoms with Gasteiger partial charge in [-0.3, -0.25) is 14.4 Å². The van der Waals surface area contributed by atoms with E-state index >= 15 is 0 Å². The van der Waals surface area contributed by atoms with Gasteiger partial charge in [-0.25, -0.2) is 0 Å². The van der Waals surface area contributed by atoms with Crippen LogP contribution < -0.4 is 0 Å². The number of carboxylic acids is 3. The lowest BCUT2D eigenvalue weighted by Crippen LogP contribution is -2.47. The zero-order valence-corrected chi connectivity index (χ0v) is 25.1. The van der Waals surface area contributed by atoms with E-state index < -0.39 is 50.8 Å². The molecule has 0 aliphatic carbocycles. The first-order valence-corrected chi connectivity index (χ1v) is 12.9. The van der Waals surface area contributed by atoms with Crippen LogP contribution in [0.5, 0.6) is 0 Å². The molecule has 0 aliphatic heterocycles. The minimum atomic E-state index is -1.07. The Morgan fingerprint density at radius 1 is 0.622 bits per heavy atom. The third-order valence-corrected chi connectivity index (χ3v) is 7.12. The molecular weight excluding hydrogens is 480 g/mol. The molecule has 0 rings (SSSR count). The second-order valence-electron chi connectivity index (χ2n) is 13.9. The van der Waals surface area contributed by atoms with Crippen molar-refractivity contribution in [1.82, 2.24) is 0 Å². The zero-order chi connectivity index (χ0) is 29.7. The van der Waals surface area contributed by atoms with E-state index in [1.807, 2.05) is 41.5 Å². The largest absolute Gasteiger partial charge is 0.481 e. The van der Waals surface area contributed by atoms with Crippen molar-refractivity contribution in [2.45, 2.75) is 120 Å². The number of aliphatic carboxylic acids is 3. The predicted octanol–water partition coefficient (Wildman–Crippen LogP) is 5.49. The molecule has 0 fully saturated rings. The Morgan fingerprint density at radius 2 is 1.00 bits per heavy atom. The van der Waals surface area contributed by atoms with Crippen LogP contribution in [0.25, 0.3) is 0 Å². The molecule has 2 atom stereocenters. The van der Waals surface area contributed by atoms with E-state index in [9.17, 15) is 29.7 Å². The lowest BCUT2D eigenvalue weighted by atomic mass is 9.69. The zero-order valence-electron chi connectivity index (χ0n) is 25.1. The van der Waals surface area contributed by atoms with Gasteiger partial charge in [-0.15, -0.1) is 0 Å². The smallest absolute Gasteiger partial charge is 0.311 e. The van der Waals surface area contributed by atoms with E-state index in [4.69, 9.17) is 14.2 Å². The molecule has 2 unspecified atom stereocenters. The molecule has 0 bridgehead atoms. The molecule has 9 nitrogen and oxygen atoms in total. The van der Waals surface area contributed by atoms with Crippen molar-refractivity contribution in [2.24, 2.45) is 21.7 Å². The molecule has 37 heavy (non-hydrogen) atoms. The van der Waals surface area contributed by atoms with Crippen LogP contribution >= 0.6 is 0 Å². The fourth-order valence-electron chi connectivity index (χ4n) is 4.12. The molecule has 0 aromatic carbocycles. The summed E-state index contributed by atoms with van der Waals surface area (Å²) in [5, 5.41) is 28.4. The van der Waals surface area contributed by atoms with Gasteiger partial charge in [0.05, 0.1) is 46.8 Å². The van der Waals surface area contributed by atoms with Gasteiger partial charge in [0.25, 0.3) is 0 Å². The first kappa shape index (κ1) is 35.3. The Kier molecular flexibility index (Phi) is 11.9. The summed E-state index contributed by atoms with van der Waals surface area (Å²) >= 11 is 0. The van der Waals surface area contributed by atoms with Crippen molar-refractivity contribution < 1.29 is 43.9 Å². The molecule has 0 amide bonds. The number of hydrogen-bond acceptors (Lipinski definition) is 6.